The molecular weight excluding hydrogens is 230 g/mol. The van der Waals surface area contributed by atoms with Gasteiger partial charge < -0.3 is 14.7 Å². The molecule has 1 fully saturated rings. The molecule has 1 aliphatic rings. The van der Waals surface area contributed by atoms with Crippen LogP contribution in [-0.2, 0) is 4.74 Å². The minimum atomic E-state index is -0.869. The lowest BCUT2D eigenvalue weighted by Gasteiger charge is -2.27. The van der Waals surface area contributed by atoms with Crippen LogP contribution in [0.4, 0.5) is 5.69 Å². The van der Waals surface area contributed by atoms with E-state index in [1.54, 1.807) is 12.1 Å². The van der Waals surface area contributed by atoms with Crippen LogP contribution >= 0.6 is 0 Å². The third-order valence-electron chi connectivity index (χ3n) is 3.24. The molecule has 0 amide bonds. The van der Waals surface area contributed by atoms with Crippen molar-refractivity contribution in [2.24, 2.45) is 0 Å². The average Bonchev–Trinajstić information content (AvgIpc) is 2.53. The Bertz CT molecular complexity index is 445. The number of para-hydroxylation sites is 1. The smallest absolute Gasteiger partial charge is 0.337 e. The molecule has 0 bridgehead atoms. The predicted octanol–water partition coefficient (Wildman–Crippen LogP) is 2.31. The molecule has 0 spiro atoms. The fourth-order valence-corrected chi connectivity index (χ4v) is 2.45. The second-order valence-electron chi connectivity index (χ2n) is 4.76. The maximum Gasteiger partial charge on any atom is 0.337 e. The van der Waals surface area contributed by atoms with Crippen molar-refractivity contribution in [3.63, 3.8) is 0 Å². The minimum Gasteiger partial charge on any atom is -0.478 e. The molecule has 1 aromatic carbocycles. The third-order valence-corrected chi connectivity index (χ3v) is 3.24. The summed E-state index contributed by atoms with van der Waals surface area (Å²) >= 11 is 0. The van der Waals surface area contributed by atoms with Crippen LogP contribution in [0.15, 0.2) is 18.2 Å². The lowest BCUT2D eigenvalue weighted by molar-refractivity contribution is 0.0696. The molecule has 98 valence electrons. The van der Waals surface area contributed by atoms with E-state index in [1.165, 1.54) is 0 Å². The molecule has 1 aliphatic heterocycles. The molecule has 0 radical (unpaired) electrons. The van der Waals surface area contributed by atoms with Gasteiger partial charge in [-0.15, -0.1) is 0 Å². The van der Waals surface area contributed by atoms with Gasteiger partial charge in [0.2, 0.25) is 0 Å². The molecule has 1 N–H and O–H groups in total. The standard InChI is InChI=1S/C14H19NO3/c1-10-5-3-6-12(14(16)17)13(10)15-7-4-8-18-11(2)9-15/h3,5-6,11H,4,7-9H2,1-2H3,(H,16,17). The van der Waals surface area contributed by atoms with E-state index in [2.05, 4.69) is 4.90 Å². The van der Waals surface area contributed by atoms with Crippen LogP contribution in [0.3, 0.4) is 0 Å². The van der Waals surface area contributed by atoms with Crippen LogP contribution in [0.25, 0.3) is 0 Å². The zero-order chi connectivity index (χ0) is 13.1. The highest BCUT2D eigenvalue weighted by Gasteiger charge is 2.21. The van der Waals surface area contributed by atoms with Crippen molar-refractivity contribution < 1.29 is 14.6 Å². The normalized spacial score (nSPS) is 20.6. The van der Waals surface area contributed by atoms with Crippen molar-refractivity contribution in [1.29, 1.82) is 0 Å². The monoisotopic (exact) mass is 249 g/mol. The second-order valence-corrected chi connectivity index (χ2v) is 4.76. The van der Waals surface area contributed by atoms with E-state index in [9.17, 15) is 9.90 Å². The first-order chi connectivity index (χ1) is 8.59. The summed E-state index contributed by atoms with van der Waals surface area (Å²) in [5.74, 6) is -0.869. The number of carbonyl (C=O) groups is 1. The number of benzene rings is 1. The molecule has 1 atom stereocenters. The van der Waals surface area contributed by atoms with Crippen molar-refractivity contribution in [2.75, 3.05) is 24.6 Å². The summed E-state index contributed by atoms with van der Waals surface area (Å²) < 4.78 is 5.61. The van der Waals surface area contributed by atoms with Crippen molar-refractivity contribution in [1.82, 2.24) is 0 Å². The Morgan fingerprint density at radius 2 is 2.28 bits per heavy atom. The summed E-state index contributed by atoms with van der Waals surface area (Å²) in [5.41, 5.74) is 2.22. The summed E-state index contributed by atoms with van der Waals surface area (Å²) in [4.78, 5) is 13.5. The zero-order valence-electron chi connectivity index (χ0n) is 10.8. The van der Waals surface area contributed by atoms with E-state index >= 15 is 0 Å². The first-order valence-corrected chi connectivity index (χ1v) is 6.29. The Labute approximate surface area is 107 Å². The number of aromatic carboxylic acids is 1. The summed E-state index contributed by atoms with van der Waals surface area (Å²) in [6.45, 7) is 6.31. The topological polar surface area (TPSA) is 49.8 Å². The van der Waals surface area contributed by atoms with E-state index in [1.807, 2.05) is 19.9 Å². The highest BCUT2D eigenvalue weighted by molar-refractivity contribution is 5.95. The molecule has 1 heterocycles. The molecule has 2 rings (SSSR count). The summed E-state index contributed by atoms with van der Waals surface area (Å²) in [6, 6.07) is 5.42. The van der Waals surface area contributed by atoms with Crippen molar-refractivity contribution >= 4 is 11.7 Å². The molecule has 0 saturated carbocycles. The Morgan fingerprint density at radius 1 is 1.50 bits per heavy atom. The fraction of sp³-hybridized carbons (Fsp3) is 0.500. The van der Waals surface area contributed by atoms with Gasteiger partial charge in [-0.3, -0.25) is 0 Å². The Balaban J connectivity index is 2.39. The first kappa shape index (κ1) is 12.9. The molecule has 1 unspecified atom stereocenters. The second kappa shape index (κ2) is 5.40. The lowest BCUT2D eigenvalue weighted by atomic mass is 10.1. The van der Waals surface area contributed by atoms with Gasteiger partial charge in [0, 0.05) is 19.7 Å². The number of aryl methyl sites for hydroxylation is 1. The van der Waals surface area contributed by atoms with Crippen molar-refractivity contribution in [2.45, 2.75) is 26.4 Å². The van der Waals surface area contributed by atoms with Crippen LogP contribution in [0.2, 0.25) is 0 Å². The van der Waals surface area contributed by atoms with E-state index in [-0.39, 0.29) is 6.10 Å². The SMILES string of the molecule is Cc1cccc(C(=O)O)c1N1CCCOC(C)C1. The predicted molar refractivity (Wildman–Crippen MR) is 70.4 cm³/mol. The van der Waals surface area contributed by atoms with Gasteiger partial charge in [-0.25, -0.2) is 4.79 Å². The Kier molecular flexibility index (Phi) is 3.87. The van der Waals surface area contributed by atoms with Gasteiger partial charge in [0.25, 0.3) is 0 Å². The summed E-state index contributed by atoms with van der Waals surface area (Å²) in [5, 5.41) is 9.30. The maximum absolute atomic E-state index is 11.3. The number of carboxylic acid groups (broad SMARTS) is 1. The molecule has 0 aromatic heterocycles. The summed E-state index contributed by atoms with van der Waals surface area (Å²) in [7, 11) is 0. The molecular formula is C14H19NO3. The van der Waals surface area contributed by atoms with Gasteiger partial charge >= 0.3 is 5.97 Å². The highest BCUT2D eigenvalue weighted by Crippen LogP contribution is 2.27. The number of rotatable bonds is 2. The third kappa shape index (κ3) is 2.64. The van der Waals surface area contributed by atoms with E-state index in [0.29, 0.717) is 5.56 Å². The van der Waals surface area contributed by atoms with Crippen LogP contribution in [-0.4, -0.2) is 36.9 Å². The lowest BCUT2D eigenvalue weighted by Crippen LogP contribution is -2.32. The van der Waals surface area contributed by atoms with Gasteiger partial charge in [0.05, 0.1) is 17.4 Å². The molecule has 1 saturated heterocycles. The van der Waals surface area contributed by atoms with E-state index in [4.69, 9.17) is 4.74 Å². The maximum atomic E-state index is 11.3. The van der Waals surface area contributed by atoms with E-state index < -0.39 is 5.97 Å². The largest absolute Gasteiger partial charge is 0.478 e. The zero-order valence-corrected chi connectivity index (χ0v) is 10.8. The summed E-state index contributed by atoms with van der Waals surface area (Å²) in [6.07, 6.45) is 1.06. The highest BCUT2D eigenvalue weighted by atomic mass is 16.5. The Morgan fingerprint density at radius 3 is 3.00 bits per heavy atom. The van der Waals surface area contributed by atoms with Crippen LogP contribution in [0, 0.1) is 6.92 Å². The fourth-order valence-electron chi connectivity index (χ4n) is 2.45. The number of anilines is 1. The quantitative estimate of drug-likeness (QED) is 0.873. The molecule has 4 heteroatoms. The van der Waals surface area contributed by atoms with Gasteiger partial charge in [-0.1, -0.05) is 12.1 Å². The number of hydrogen-bond donors (Lipinski definition) is 1. The van der Waals surface area contributed by atoms with Gasteiger partial charge in [0.15, 0.2) is 0 Å². The first-order valence-electron chi connectivity index (χ1n) is 6.29. The minimum absolute atomic E-state index is 0.133. The van der Waals surface area contributed by atoms with Crippen molar-refractivity contribution in [3.05, 3.63) is 29.3 Å². The average molecular weight is 249 g/mol. The van der Waals surface area contributed by atoms with Crippen LogP contribution < -0.4 is 4.90 Å². The number of carboxylic acids is 1. The molecule has 0 aliphatic carbocycles. The molecule has 1 aromatic rings. The van der Waals surface area contributed by atoms with Gasteiger partial charge in [-0.05, 0) is 31.9 Å². The molecule has 4 nitrogen and oxygen atoms in total. The van der Waals surface area contributed by atoms with Crippen LogP contribution in [0.1, 0.15) is 29.3 Å². The molecule has 18 heavy (non-hydrogen) atoms. The van der Waals surface area contributed by atoms with Gasteiger partial charge in [0.1, 0.15) is 0 Å². The number of ether oxygens (including phenoxy) is 1. The van der Waals surface area contributed by atoms with Crippen molar-refractivity contribution in [3.8, 4) is 0 Å². The Hall–Kier alpha value is -1.55. The van der Waals surface area contributed by atoms with Gasteiger partial charge in [-0.2, -0.15) is 0 Å². The van der Waals surface area contributed by atoms with Crippen LogP contribution in [0.5, 0.6) is 0 Å². The van der Waals surface area contributed by atoms with E-state index in [0.717, 1.165) is 37.4 Å². The number of hydrogen-bond acceptors (Lipinski definition) is 3. The number of nitrogens with zero attached hydrogens (tertiary/aromatic N) is 1.